The number of anilines is 2. The van der Waals surface area contributed by atoms with Crippen molar-refractivity contribution in [2.45, 2.75) is 12.6 Å². The van der Waals surface area contributed by atoms with Crippen molar-refractivity contribution >= 4 is 17.4 Å². The Bertz CT molecular complexity index is 1240. The summed E-state index contributed by atoms with van der Waals surface area (Å²) < 4.78 is 27.3. The van der Waals surface area contributed by atoms with Crippen LogP contribution in [0.25, 0.3) is 11.3 Å². The van der Waals surface area contributed by atoms with Crippen molar-refractivity contribution in [1.82, 2.24) is 24.9 Å². The van der Waals surface area contributed by atoms with Crippen molar-refractivity contribution in [3.8, 4) is 17.1 Å². The smallest absolute Gasteiger partial charge is 0.254 e. The van der Waals surface area contributed by atoms with Gasteiger partial charge in [-0.3, -0.25) is 4.79 Å². The second-order valence-corrected chi connectivity index (χ2v) is 8.13. The maximum atomic E-state index is 14.4. The van der Waals surface area contributed by atoms with E-state index in [1.807, 2.05) is 11.0 Å². The molecule has 0 radical (unpaired) electrons. The normalized spacial score (nSPS) is 18.1. The highest BCUT2D eigenvalue weighted by atomic mass is 19.1. The Morgan fingerprint density at radius 3 is 2.85 bits per heavy atom. The number of aryl methyl sites for hydroxylation is 1. The molecule has 1 fully saturated rings. The molecule has 0 saturated carbocycles. The number of aromatic nitrogens is 4. The number of fused-ring (bicyclic) bond motifs is 8. The Hall–Kier alpha value is -3.73. The molecule has 1 amide bonds. The summed E-state index contributed by atoms with van der Waals surface area (Å²) >= 11 is 0. The average molecular weight is 453 g/mol. The highest BCUT2D eigenvalue weighted by Crippen LogP contribution is 2.39. The Morgan fingerprint density at radius 1 is 1.24 bits per heavy atom. The topological polar surface area (TPSA) is 112 Å². The first kappa shape index (κ1) is 21.1. The van der Waals surface area contributed by atoms with E-state index in [-0.39, 0.29) is 24.9 Å². The lowest BCUT2D eigenvalue weighted by Crippen LogP contribution is -2.41. The van der Waals surface area contributed by atoms with E-state index in [0.29, 0.717) is 52.8 Å². The minimum Gasteiger partial charge on any atom is -0.481 e. The zero-order valence-corrected chi connectivity index (χ0v) is 18.6. The van der Waals surface area contributed by atoms with Crippen molar-refractivity contribution in [3.05, 3.63) is 46.9 Å². The van der Waals surface area contributed by atoms with E-state index in [4.69, 9.17) is 15.2 Å². The highest BCUT2D eigenvalue weighted by molar-refractivity contribution is 5.96. The maximum absolute atomic E-state index is 14.4. The molecule has 0 unspecified atom stereocenters. The first-order valence-electron chi connectivity index (χ1n) is 10.5. The van der Waals surface area contributed by atoms with E-state index in [1.54, 1.807) is 30.8 Å². The number of ether oxygens (including phenoxy) is 2. The van der Waals surface area contributed by atoms with Gasteiger partial charge in [0.05, 0.1) is 49.9 Å². The molecule has 2 aromatic heterocycles. The maximum Gasteiger partial charge on any atom is 0.254 e. The molecule has 11 heteroatoms. The van der Waals surface area contributed by atoms with Crippen molar-refractivity contribution in [3.63, 3.8) is 0 Å². The standard InChI is InChI=1S/C22H24FN7O3/c1-28-10-16-19(22(32-3)29(2)27-16)15-9-17(20(24)26-25-15)30-6-7-33-11-18(30)14-8-12(23)4-5-13(14)21(28)31/h4-5,8-9,18H,6-7,10-11H2,1-3H3,(H2,24,26)/t18-/m1/s1. The van der Waals surface area contributed by atoms with Crippen LogP contribution in [0.4, 0.5) is 15.9 Å². The summed E-state index contributed by atoms with van der Waals surface area (Å²) in [6, 6.07) is 5.60. The summed E-state index contributed by atoms with van der Waals surface area (Å²) in [5.74, 6) is 0.0388. The Kier molecular flexibility index (Phi) is 5.12. The third-order valence-electron chi connectivity index (χ3n) is 6.09. The van der Waals surface area contributed by atoms with Crippen molar-refractivity contribution in [1.29, 1.82) is 0 Å². The zero-order chi connectivity index (χ0) is 23.3. The molecule has 5 rings (SSSR count). The zero-order valence-electron chi connectivity index (χ0n) is 18.6. The number of methoxy groups -OCH3 is 1. The summed E-state index contributed by atoms with van der Waals surface area (Å²) in [5.41, 5.74) is 9.56. The van der Waals surface area contributed by atoms with Crippen LogP contribution in [-0.4, -0.2) is 64.7 Å². The van der Waals surface area contributed by atoms with E-state index in [2.05, 4.69) is 15.3 Å². The molecule has 2 aliphatic rings. The minimum absolute atomic E-state index is 0.189. The van der Waals surface area contributed by atoms with Crippen LogP contribution < -0.4 is 15.4 Å². The van der Waals surface area contributed by atoms with Gasteiger partial charge in [0.15, 0.2) is 5.82 Å². The molecule has 0 aliphatic carbocycles. The molecule has 172 valence electrons. The fraction of sp³-hybridized carbons (Fsp3) is 0.364. The molecule has 1 atom stereocenters. The molecule has 2 aliphatic heterocycles. The molecule has 2 N–H and O–H groups in total. The van der Waals surface area contributed by atoms with Crippen LogP contribution in [0.5, 0.6) is 5.88 Å². The second-order valence-electron chi connectivity index (χ2n) is 8.13. The van der Waals surface area contributed by atoms with Crippen LogP contribution in [0.3, 0.4) is 0 Å². The van der Waals surface area contributed by atoms with Crippen LogP contribution in [0.2, 0.25) is 0 Å². The molecule has 0 spiro atoms. The van der Waals surface area contributed by atoms with Gasteiger partial charge >= 0.3 is 0 Å². The number of nitrogens with two attached hydrogens (primary N) is 1. The SMILES string of the molecule is COc1c2c(nn1C)CN(C)C(=O)c1ccc(F)cc1[C@H]1COCCN1c1cc-2nnc1N. The lowest BCUT2D eigenvalue weighted by molar-refractivity contribution is 0.0772. The van der Waals surface area contributed by atoms with E-state index >= 15 is 0 Å². The fourth-order valence-electron chi connectivity index (χ4n) is 4.56. The number of carbonyl (C=O) groups is 1. The van der Waals surface area contributed by atoms with Crippen molar-refractivity contribution in [2.24, 2.45) is 7.05 Å². The predicted molar refractivity (Wildman–Crippen MR) is 118 cm³/mol. The van der Waals surface area contributed by atoms with Gasteiger partial charge < -0.3 is 25.0 Å². The summed E-state index contributed by atoms with van der Waals surface area (Å²) in [7, 11) is 4.99. The van der Waals surface area contributed by atoms with E-state index in [0.717, 1.165) is 0 Å². The fourth-order valence-corrected chi connectivity index (χ4v) is 4.56. The van der Waals surface area contributed by atoms with Crippen LogP contribution in [-0.2, 0) is 18.3 Å². The summed E-state index contributed by atoms with van der Waals surface area (Å²) in [6.07, 6.45) is 0. The molecule has 33 heavy (non-hydrogen) atoms. The number of nitrogen functional groups attached to an aromatic ring is 1. The lowest BCUT2D eigenvalue weighted by Gasteiger charge is -2.39. The van der Waals surface area contributed by atoms with Gasteiger partial charge in [0.25, 0.3) is 5.91 Å². The van der Waals surface area contributed by atoms with Gasteiger partial charge in [0, 0.05) is 26.2 Å². The minimum atomic E-state index is -0.434. The molecule has 2 bridgehead atoms. The first-order chi connectivity index (χ1) is 15.9. The molecular weight excluding hydrogens is 429 g/mol. The van der Waals surface area contributed by atoms with Crippen LogP contribution in [0.15, 0.2) is 24.3 Å². The Balaban J connectivity index is 1.80. The van der Waals surface area contributed by atoms with Gasteiger partial charge in [0.2, 0.25) is 5.88 Å². The van der Waals surface area contributed by atoms with E-state index in [9.17, 15) is 9.18 Å². The van der Waals surface area contributed by atoms with Gasteiger partial charge in [-0.05, 0) is 29.8 Å². The first-order valence-corrected chi connectivity index (χ1v) is 10.5. The molecule has 1 aromatic carbocycles. The van der Waals surface area contributed by atoms with Crippen LogP contribution >= 0.6 is 0 Å². The molecule has 10 nitrogen and oxygen atoms in total. The number of morpholine rings is 1. The number of rotatable bonds is 1. The Labute approximate surface area is 189 Å². The van der Waals surface area contributed by atoms with Crippen LogP contribution in [0.1, 0.15) is 27.7 Å². The second kappa shape index (κ2) is 8.00. The van der Waals surface area contributed by atoms with Gasteiger partial charge in [-0.2, -0.15) is 5.10 Å². The predicted octanol–water partition coefficient (Wildman–Crippen LogP) is 1.77. The number of carbonyl (C=O) groups excluding carboxylic acids is 1. The van der Waals surface area contributed by atoms with Crippen molar-refractivity contribution in [2.75, 3.05) is 44.5 Å². The third-order valence-corrected chi connectivity index (χ3v) is 6.09. The quantitative estimate of drug-likeness (QED) is 0.594. The van der Waals surface area contributed by atoms with Crippen LogP contribution in [0, 0.1) is 5.82 Å². The highest BCUT2D eigenvalue weighted by Gasteiger charge is 2.33. The number of hydrogen-bond acceptors (Lipinski definition) is 8. The number of halogens is 1. The summed E-state index contributed by atoms with van der Waals surface area (Å²) in [4.78, 5) is 17.0. The molecular formula is C22H24FN7O3. The Morgan fingerprint density at radius 2 is 2.06 bits per heavy atom. The number of nitrogens with zero attached hydrogens (tertiary/aromatic N) is 6. The number of amides is 1. The molecule has 1 saturated heterocycles. The molecule has 4 heterocycles. The third kappa shape index (κ3) is 3.44. The van der Waals surface area contributed by atoms with Gasteiger partial charge in [-0.1, -0.05) is 0 Å². The summed E-state index contributed by atoms with van der Waals surface area (Å²) in [6.45, 7) is 1.39. The number of benzene rings is 1. The monoisotopic (exact) mass is 453 g/mol. The van der Waals surface area contributed by atoms with Crippen molar-refractivity contribution < 1.29 is 18.7 Å². The van der Waals surface area contributed by atoms with E-state index < -0.39 is 11.9 Å². The van der Waals surface area contributed by atoms with Gasteiger partial charge in [-0.15, -0.1) is 10.2 Å². The van der Waals surface area contributed by atoms with E-state index in [1.165, 1.54) is 18.2 Å². The largest absolute Gasteiger partial charge is 0.481 e. The average Bonchev–Trinajstić information content (AvgIpc) is 3.12. The van der Waals surface area contributed by atoms with Gasteiger partial charge in [0.1, 0.15) is 11.5 Å². The molecule has 3 aromatic rings. The summed E-state index contributed by atoms with van der Waals surface area (Å²) in [5, 5.41) is 13.1. The lowest BCUT2D eigenvalue weighted by atomic mass is 9.96. The number of hydrogen-bond donors (Lipinski definition) is 1. The van der Waals surface area contributed by atoms with Gasteiger partial charge in [-0.25, -0.2) is 9.07 Å².